The summed E-state index contributed by atoms with van der Waals surface area (Å²) in [5.41, 5.74) is 0.0625. The van der Waals surface area contributed by atoms with Gasteiger partial charge in [-0.25, -0.2) is 8.42 Å². The van der Waals surface area contributed by atoms with Crippen LogP contribution >= 0.6 is 0 Å². The van der Waals surface area contributed by atoms with Crippen molar-refractivity contribution in [3.8, 4) is 11.5 Å². The van der Waals surface area contributed by atoms with Gasteiger partial charge in [0.05, 0.1) is 5.75 Å². The molecule has 0 aromatic heterocycles. The van der Waals surface area contributed by atoms with Crippen molar-refractivity contribution in [2.24, 2.45) is 0 Å². The maximum absolute atomic E-state index is 12.6. The van der Waals surface area contributed by atoms with E-state index in [4.69, 9.17) is 0 Å². The number of hydrogen-bond donors (Lipinski definition) is 0. The number of rotatable bonds is 8. The minimum absolute atomic E-state index is 0.0287. The van der Waals surface area contributed by atoms with Gasteiger partial charge in [-0.15, -0.1) is 0 Å². The zero-order valence-electron chi connectivity index (χ0n) is 15.4. The lowest BCUT2D eigenvalue weighted by atomic mass is 10.1. The highest BCUT2D eigenvalue weighted by Crippen LogP contribution is 2.28. The lowest BCUT2D eigenvalue weighted by Crippen LogP contribution is -2.50. The summed E-state index contributed by atoms with van der Waals surface area (Å²) >= 11 is 0. The molecule has 0 spiro atoms. The molecule has 1 heterocycles. The number of benzene rings is 1. The average molecular weight is 440 g/mol. The van der Waals surface area contributed by atoms with Crippen molar-refractivity contribution in [3.63, 3.8) is 0 Å². The fourth-order valence-corrected chi connectivity index (χ4v) is 3.75. The van der Waals surface area contributed by atoms with Crippen LogP contribution in [0.25, 0.3) is 6.08 Å². The summed E-state index contributed by atoms with van der Waals surface area (Å²) in [7, 11) is -3.33. The van der Waals surface area contributed by atoms with Crippen molar-refractivity contribution in [2.45, 2.75) is 20.1 Å². The first-order chi connectivity index (χ1) is 13.6. The van der Waals surface area contributed by atoms with E-state index in [1.165, 1.54) is 28.3 Å². The first-order valence-electron chi connectivity index (χ1n) is 8.61. The number of alkyl halides is 4. The van der Waals surface area contributed by atoms with Gasteiger partial charge in [-0.05, 0) is 25.1 Å². The predicted molar refractivity (Wildman–Crippen MR) is 96.4 cm³/mol. The van der Waals surface area contributed by atoms with Crippen LogP contribution in [0.3, 0.4) is 0 Å². The Hall–Kier alpha value is -2.34. The second kappa shape index (κ2) is 9.92. The van der Waals surface area contributed by atoms with Gasteiger partial charge >= 0.3 is 13.2 Å². The van der Waals surface area contributed by atoms with Crippen LogP contribution in [0.5, 0.6) is 11.5 Å². The van der Waals surface area contributed by atoms with E-state index >= 15 is 0 Å². The van der Waals surface area contributed by atoms with Crippen molar-refractivity contribution in [1.82, 2.24) is 9.21 Å². The predicted octanol–water partition coefficient (Wildman–Crippen LogP) is 2.40. The number of halogens is 4. The van der Waals surface area contributed by atoms with Crippen LogP contribution in [0.4, 0.5) is 17.6 Å². The summed E-state index contributed by atoms with van der Waals surface area (Å²) in [6, 6.07) is 3.20. The molecule has 0 unspecified atom stereocenters. The van der Waals surface area contributed by atoms with Crippen LogP contribution < -0.4 is 9.47 Å². The molecule has 1 aliphatic rings. The smallest absolute Gasteiger partial charge is 0.387 e. The van der Waals surface area contributed by atoms with Gasteiger partial charge in [-0.3, -0.25) is 4.79 Å². The second-order valence-corrected chi connectivity index (χ2v) is 8.17. The Balaban J connectivity index is 2.07. The van der Waals surface area contributed by atoms with Gasteiger partial charge < -0.3 is 14.4 Å². The normalized spacial score (nSPS) is 16.0. The highest BCUT2D eigenvalue weighted by molar-refractivity contribution is 7.89. The van der Waals surface area contributed by atoms with E-state index in [9.17, 15) is 30.8 Å². The molecular formula is C17H20F4N2O5S. The summed E-state index contributed by atoms with van der Waals surface area (Å²) in [5, 5.41) is 0. The molecule has 1 saturated heterocycles. The molecule has 7 nitrogen and oxygen atoms in total. The largest absolute Gasteiger partial charge is 0.435 e. The SMILES string of the molecule is CCS(=O)(=O)N1CCN(C(=O)/C=C/c2ccc(OC(F)F)cc2OC(F)F)CC1. The summed E-state index contributed by atoms with van der Waals surface area (Å²) in [5.74, 6) is -1.28. The molecule has 2 rings (SSSR count). The van der Waals surface area contributed by atoms with E-state index in [0.29, 0.717) is 0 Å². The van der Waals surface area contributed by atoms with Gasteiger partial charge in [0.1, 0.15) is 11.5 Å². The zero-order valence-corrected chi connectivity index (χ0v) is 16.2. The first-order valence-corrected chi connectivity index (χ1v) is 10.2. The van der Waals surface area contributed by atoms with E-state index < -0.39 is 34.9 Å². The summed E-state index contributed by atoms with van der Waals surface area (Å²) in [6.45, 7) is -4.11. The quantitative estimate of drug-likeness (QED) is 0.458. The third kappa shape index (κ3) is 6.60. The highest BCUT2D eigenvalue weighted by Gasteiger charge is 2.26. The molecule has 1 aromatic rings. The van der Waals surface area contributed by atoms with Crippen molar-refractivity contribution in [3.05, 3.63) is 29.8 Å². The molecular weight excluding hydrogens is 420 g/mol. The zero-order chi connectivity index (χ0) is 21.6. The Kier molecular flexibility index (Phi) is 7.85. The monoisotopic (exact) mass is 440 g/mol. The number of hydrogen-bond acceptors (Lipinski definition) is 5. The molecule has 1 aromatic carbocycles. The van der Waals surface area contributed by atoms with Gasteiger partial charge in [0, 0.05) is 43.9 Å². The van der Waals surface area contributed by atoms with E-state index in [2.05, 4.69) is 9.47 Å². The molecule has 12 heteroatoms. The number of nitrogens with zero attached hydrogens (tertiary/aromatic N) is 2. The molecule has 0 radical (unpaired) electrons. The molecule has 0 N–H and O–H groups in total. The molecule has 0 aliphatic carbocycles. The number of sulfonamides is 1. The van der Waals surface area contributed by atoms with Crippen molar-refractivity contribution in [1.29, 1.82) is 0 Å². The molecule has 0 bridgehead atoms. The summed E-state index contributed by atoms with van der Waals surface area (Å²) in [4.78, 5) is 13.7. The van der Waals surface area contributed by atoms with Crippen LogP contribution in [-0.4, -0.2) is 68.7 Å². The molecule has 29 heavy (non-hydrogen) atoms. The third-order valence-corrected chi connectivity index (χ3v) is 6.02. The Morgan fingerprint density at radius 1 is 1.10 bits per heavy atom. The average Bonchev–Trinajstić information content (AvgIpc) is 2.66. The van der Waals surface area contributed by atoms with Gasteiger partial charge in [-0.1, -0.05) is 0 Å². The molecule has 1 fully saturated rings. The minimum Gasteiger partial charge on any atom is -0.435 e. The lowest BCUT2D eigenvalue weighted by molar-refractivity contribution is -0.127. The molecule has 1 aliphatic heterocycles. The van der Waals surface area contributed by atoms with Crippen molar-refractivity contribution < 1.29 is 40.2 Å². The highest BCUT2D eigenvalue weighted by atomic mass is 32.2. The van der Waals surface area contributed by atoms with E-state index in [-0.39, 0.29) is 43.2 Å². The van der Waals surface area contributed by atoms with Crippen LogP contribution in [0.1, 0.15) is 12.5 Å². The van der Waals surface area contributed by atoms with Crippen LogP contribution in [-0.2, 0) is 14.8 Å². The topological polar surface area (TPSA) is 76.2 Å². The second-order valence-electron chi connectivity index (χ2n) is 5.91. The Morgan fingerprint density at radius 2 is 1.72 bits per heavy atom. The van der Waals surface area contributed by atoms with Crippen molar-refractivity contribution >= 4 is 22.0 Å². The number of piperazine rings is 1. The Labute approximate surface area is 165 Å². The van der Waals surface area contributed by atoms with Gasteiger partial charge in [0.2, 0.25) is 15.9 Å². The number of amides is 1. The fraction of sp³-hybridized carbons (Fsp3) is 0.471. The summed E-state index contributed by atoms with van der Waals surface area (Å²) in [6.07, 6.45) is 2.33. The Bertz CT molecular complexity index is 840. The standard InChI is InChI=1S/C17H20F4N2O5S/c1-2-29(25,26)23-9-7-22(8-10-23)15(24)6-4-12-3-5-13(27-16(18)19)11-14(12)28-17(20)21/h3-6,11,16-17H,2,7-10H2,1H3/b6-4+. The minimum atomic E-state index is -3.33. The molecule has 162 valence electrons. The molecule has 0 atom stereocenters. The van der Waals surface area contributed by atoms with E-state index in [1.807, 2.05) is 0 Å². The summed E-state index contributed by atoms with van der Waals surface area (Å²) < 4.78 is 83.2. The first kappa shape index (κ1) is 22.9. The van der Waals surface area contributed by atoms with Crippen LogP contribution in [0.2, 0.25) is 0 Å². The maximum atomic E-state index is 12.6. The van der Waals surface area contributed by atoms with Gasteiger partial charge in [0.15, 0.2) is 0 Å². The third-order valence-electron chi connectivity index (χ3n) is 4.14. The van der Waals surface area contributed by atoms with Crippen LogP contribution in [0.15, 0.2) is 24.3 Å². The maximum Gasteiger partial charge on any atom is 0.387 e. The molecule has 1 amide bonds. The fourth-order valence-electron chi connectivity index (χ4n) is 2.66. The number of carbonyl (C=O) groups is 1. The van der Waals surface area contributed by atoms with Gasteiger partial charge in [0.25, 0.3) is 0 Å². The van der Waals surface area contributed by atoms with E-state index in [0.717, 1.165) is 18.2 Å². The lowest BCUT2D eigenvalue weighted by Gasteiger charge is -2.33. The molecule has 0 saturated carbocycles. The van der Waals surface area contributed by atoms with E-state index in [1.54, 1.807) is 0 Å². The number of carbonyl (C=O) groups excluding carboxylic acids is 1. The number of ether oxygens (including phenoxy) is 2. The van der Waals surface area contributed by atoms with Crippen LogP contribution in [0, 0.1) is 0 Å². The van der Waals surface area contributed by atoms with Gasteiger partial charge in [-0.2, -0.15) is 21.9 Å². The van der Waals surface area contributed by atoms with Crippen molar-refractivity contribution in [2.75, 3.05) is 31.9 Å². The Morgan fingerprint density at radius 3 is 2.28 bits per heavy atom.